The molecule has 2 aromatic heterocycles. The number of hydrogen-bond donors (Lipinski definition) is 1. The highest BCUT2D eigenvalue weighted by Gasteiger charge is 2.12. The fourth-order valence-corrected chi connectivity index (χ4v) is 2.87. The fourth-order valence-electron chi connectivity index (χ4n) is 2.87. The van der Waals surface area contributed by atoms with Crippen LogP contribution in [0.3, 0.4) is 0 Å². The Hall–Kier alpha value is -3.46. The number of benzene rings is 2. The molecule has 0 saturated heterocycles. The van der Waals surface area contributed by atoms with Gasteiger partial charge in [-0.1, -0.05) is 30.3 Å². The van der Waals surface area contributed by atoms with Crippen LogP contribution in [0.15, 0.2) is 97.6 Å². The molecule has 0 spiro atoms. The molecule has 0 bridgehead atoms. The Balaban J connectivity index is 1.71. The standard InChI is InChI=1S/C22H16N2O/c25-22-7-6-20(16-21(22)19-4-2-1-3-5-19)24-14-10-18(11-15-24)17-8-12-23-13-9-17/h1-16H/p+1. The highest BCUT2D eigenvalue weighted by atomic mass is 16.3. The minimum Gasteiger partial charge on any atom is -0.507 e. The molecule has 0 saturated carbocycles. The highest BCUT2D eigenvalue weighted by Crippen LogP contribution is 2.29. The molecule has 0 aliphatic rings. The van der Waals surface area contributed by atoms with Crippen molar-refractivity contribution in [2.45, 2.75) is 0 Å². The van der Waals surface area contributed by atoms with E-state index in [1.165, 1.54) is 0 Å². The molecule has 25 heavy (non-hydrogen) atoms. The van der Waals surface area contributed by atoms with Crippen molar-refractivity contribution in [2.24, 2.45) is 0 Å². The Morgan fingerprint density at radius 2 is 1.36 bits per heavy atom. The van der Waals surface area contributed by atoms with Gasteiger partial charge in [-0.25, -0.2) is 0 Å². The largest absolute Gasteiger partial charge is 0.507 e. The predicted octanol–water partition coefficient (Wildman–Crippen LogP) is 4.40. The monoisotopic (exact) mass is 325 g/mol. The maximum atomic E-state index is 10.2. The van der Waals surface area contributed by atoms with E-state index in [0.717, 1.165) is 27.9 Å². The molecule has 3 heteroatoms. The summed E-state index contributed by atoms with van der Waals surface area (Å²) in [7, 11) is 0. The molecule has 3 nitrogen and oxygen atoms in total. The van der Waals surface area contributed by atoms with Crippen LogP contribution in [-0.2, 0) is 0 Å². The second-order valence-electron chi connectivity index (χ2n) is 5.80. The van der Waals surface area contributed by atoms with Gasteiger partial charge in [0, 0.05) is 42.2 Å². The Morgan fingerprint density at radius 3 is 2.08 bits per heavy atom. The highest BCUT2D eigenvalue weighted by molar-refractivity contribution is 5.71. The van der Waals surface area contributed by atoms with Crippen LogP contribution >= 0.6 is 0 Å². The van der Waals surface area contributed by atoms with Crippen LogP contribution in [0, 0.1) is 0 Å². The zero-order valence-corrected chi connectivity index (χ0v) is 13.6. The van der Waals surface area contributed by atoms with E-state index in [9.17, 15) is 5.11 Å². The number of rotatable bonds is 3. The van der Waals surface area contributed by atoms with Crippen molar-refractivity contribution in [2.75, 3.05) is 0 Å². The van der Waals surface area contributed by atoms with Crippen molar-refractivity contribution in [1.29, 1.82) is 0 Å². The number of aromatic nitrogens is 2. The van der Waals surface area contributed by atoms with Crippen LogP contribution in [0.5, 0.6) is 5.75 Å². The third-order valence-electron chi connectivity index (χ3n) is 4.21. The Bertz CT molecular complexity index is 981. The molecule has 2 aromatic carbocycles. The first-order chi connectivity index (χ1) is 12.3. The third-order valence-corrected chi connectivity index (χ3v) is 4.21. The summed E-state index contributed by atoms with van der Waals surface area (Å²) in [4.78, 5) is 4.05. The van der Waals surface area contributed by atoms with Gasteiger partial charge in [0.15, 0.2) is 12.4 Å². The third kappa shape index (κ3) is 3.12. The molecule has 0 aliphatic heterocycles. The minimum absolute atomic E-state index is 0.281. The van der Waals surface area contributed by atoms with Gasteiger partial charge in [-0.15, -0.1) is 0 Å². The van der Waals surface area contributed by atoms with E-state index in [-0.39, 0.29) is 5.75 Å². The van der Waals surface area contributed by atoms with Crippen LogP contribution in [0.25, 0.3) is 27.9 Å². The summed E-state index contributed by atoms with van der Waals surface area (Å²) in [5.74, 6) is 0.281. The van der Waals surface area contributed by atoms with E-state index in [1.807, 2.05) is 71.6 Å². The molecule has 0 aliphatic carbocycles. The number of phenolic OH excluding ortho intramolecular Hbond substituents is 1. The van der Waals surface area contributed by atoms with Crippen molar-refractivity contribution in [1.82, 2.24) is 4.98 Å². The summed E-state index contributed by atoms with van der Waals surface area (Å²) in [5.41, 5.74) is 5.09. The van der Waals surface area contributed by atoms with Gasteiger partial charge in [0.05, 0.1) is 0 Å². The number of aromatic hydroxyl groups is 1. The Labute approximate surface area is 146 Å². The number of phenols is 1. The summed E-state index contributed by atoms with van der Waals surface area (Å²) in [6.45, 7) is 0. The second-order valence-corrected chi connectivity index (χ2v) is 5.80. The Morgan fingerprint density at radius 1 is 0.680 bits per heavy atom. The molecule has 120 valence electrons. The van der Waals surface area contributed by atoms with Gasteiger partial charge in [-0.05, 0) is 34.9 Å². The molecule has 2 heterocycles. The number of pyridine rings is 2. The first-order valence-electron chi connectivity index (χ1n) is 8.12. The first-order valence-corrected chi connectivity index (χ1v) is 8.12. The molecule has 0 amide bonds. The van der Waals surface area contributed by atoms with Crippen molar-refractivity contribution < 1.29 is 9.67 Å². The lowest BCUT2D eigenvalue weighted by Crippen LogP contribution is -2.29. The van der Waals surface area contributed by atoms with Crippen molar-refractivity contribution in [3.63, 3.8) is 0 Å². The van der Waals surface area contributed by atoms with Gasteiger partial charge in [-0.2, -0.15) is 4.57 Å². The van der Waals surface area contributed by atoms with Crippen molar-refractivity contribution in [3.8, 4) is 33.7 Å². The summed E-state index contributed by atoms with van der Waals surface area (Å²) in [5, 5.41) is 10.2. The summed E-state index contributed by atoms with van der Waals surface area (Å²) >= 11 is 0. The normalized spacial score (nSPS) is 10.6. The van der Waals surface area contributed by atoms with Gasteiger partial charge in [0.25, 0.3) is 0 Å². The molecular weight excluding hydrogens is 308 g/mol. The van der Waals surface area contributed by atoms with Crippen LogP contribution < -0.4 is 4.57 Å². The van der Waals surface area contributed by atoms with Crippen LogP contribution in [0.4, 0.5) is 0 Å². The van der Waals surface area contributed by atoms with Gasteiger partial charge in [-0.3, -0.25) is 4.98 Å². The van der Waals surface area contributed by atoms with E-state index >= 15 is 0 Å². The predicted molar refractivity (Wildman–Crippen MR) is 98.3 cm³/mol. The van der Waals surface area contributed by atoms with Crippen LogP contribution in [0.2, 0.25) is 0 Å². The molecule has 4 aromatic rings. The maximum absolute atomic E-state index is 10.2. The van der Waals surface area contributed by atoms with Gasteiger partial charge < -0.3 is 5.11 Å². The van der Waals surface area contributed by atoms with Crippen LogP contribution in [-0.4, -0.2) is 10.1 Å². The SMILES string of the molecule is Oc1ccc(-[n+]2ccc(-c3ccncc3)cc2)cc1-c1ccccc1. The topological polar surface area (TPSA) is 37.0 Å². The smallest absolute Gasteiger partial charge is 0.211 e. The molecular formula is C22H17N2O+. The van der Waals surface area contributed by atoms with Crippen molar-refractivity contribution >= 4 is 0 Å². The van der Waals surface area contributed by atoms with Gasteiger partial charge >= 0.3 is 0 Å². The van der Waals surface area contributed by atoms with E-state index in [1.54, 1.807) is 18.5 Å². The average molecular weight is 325 g/mol. The zero-order valence-electron chi connectivity index (χ0n) is 13.6. The van der Waals surface area contributed by atoms with E-state index in [0.29, 0.717) is 0 Å². The zero-order chi connectivity index (χ0) is 17.1. The molecule has 0 atom stereocenters. The molecule has 0 unspecified atom stereocenters. The van der Waals surface area contributed by atoms with Gasteiger partial charge in [0.2, 0.25) is 5.69 Å². The number of hydrogen-bond acceptors (Lipinski definition) is 2. The molecule has 0 fully saturated rings. The quantitative estimate of drug-likeness (QED) is 0.567. The lowest BCUT2D eigenvalue weighted by atomic mass is 10.0. The minimum atomic E-state index is 0.281. The summed E-state index contributed by atoms with van der Waals surface area (Å²) < 4.78 is 2.04. The lowest BCUT2D eigenvalue weighted by molar-refractivity contribution is -0.595. The summed E-state index contributed by atoms with van der Waals surface area (Å²) in [6.07, 6.45) is 7.64. The lowest BCUT2D eigenvalue weighted by Gasteiger charge is -2.06. The molecule has 4 rings (SSSR count). The van der Waals surface area contributed by atoms with Crippen LogP contribution in [0.1, 0.15) is 0 Å². The molecule has 1 N–H and O–H groups in total. The summed E-state index contributed by atoms with van der Waals surface area (Å²) in [6, 6.07) is 23.7. The van der Waals surface area contributed by atoms with Crippen molar-refractivity contribution in [3.05, 3.63) is 97.6 Å². The maximum Gasteiger partial charge on any atom is 0.211 e. The second kappa shape index (κ2) is 6.57. The van der Waals surface area contributed by atoms with E-state index in [4.69, 9.17) is 0 Å². The molecule has 0 radical (unpaired) electrons. The van der Waals surface area contributed by atoms with Gasteiger partial charge in [0.1, 0.15) is 5.75 Å². The first kappa shape index (κ1) is 15.1. The van der Waals surface area contributed by atoms with E-state index < -0.39 is 0 Å². The number of nitrogens with zero attached hydrogens (tertiary/aromatic N) is 2. The fraction of sp³-hybridized carbons (Fsp3) is 0. The Kier molecular flexibility index (Phi) is 3.97. The van der Waals surface area contributed by atoms with E-state index in [2.05, 4.69) is 17.1 Å². The average Bonchev–Trinajstić information content (AvgIpc) is 2.70.